The summed E-state index contributed by atoms with van der Waals surface area (Å²) in [5, 5.41) is 3.04. The lowest BCUT2D eigenvalue weighted by atomic mass is 9.90. The van der Waals surface area contributed by atoms with E-state index in [2.05, 4.69) is 20.2 Å². The molecule has 0 unspecified atom stereocenters. The predicted molar refractivity (Wildman–Crippen MR) is 97.5 cm³/mol. The monoisotopic (exact) mass is 346 g/mol. The molecule has 25 heavy (non-hydrogen) atoms. The molecule has 2 N–H and O–H groups in total. The molecule has 6 heteroatoms. The molecule has 1 aliphatic heterocycles. The third-order valence-electron chi connectivity index (χ3n) is 5.49. The summed E-state index contributed by atoms with van der Waals surface area (Å²) in [6, 6.07) is 2.16. The zero-order chi connectivity index (χ0) is 17.6. The largest absolute Gasteiger partial charge is 0.355 e. The van der Waals surface area contributed by atoms with Crippen LogP contribution in [0, 0.1) is 12.8 Å². The SMILES string of the molecule is Cc1cc(=O)[nH]c(CCNC(=O)[C@H]2CCCN(C3CCCCC3)C2)n1. The molecule has 1 saturated heterocycles. The van der Waals surface area contributed by atoms with E-state index in [1.165, 1.54) is 38.2 Å². The molecule has 6 nitrogen and oxygen atoms in total. The smallest absolute Gasteiger partial charge is 0.251 e. The molecule has 3 rings (SSSR count). The number of carbonyl (C=O) groups is 1. The van der Waals surface area contributed by atoms with Gasteiger partial charge >= 0.3 is 0 Å². The van der Waals surface area contributed by atoms with E-state index < -0.39 is 0 Å². The Hall–Kier alpha value is -1.69. The van der Waals surface area contributed by atoms with E-state index in [1.54, 1.807) is 6.92 Å². The Labute approximate surface area is 149 Å². The van der Waals surface area contributed by atoms with Gasteiger partial charge in [0.1, 0.15) is 5.82 Å². The Morgan fingerprint density at radius 2 is 2.08 bits per heavy atom. The van der Waals surface area contributed by atoms with Gasteiger partial charge in [0.2, 0.25) is 5.91 Å². The molecule has 2 aliphatic rings. The number of nitrogens with zero attached hydrogens (tertiary/aromatic N) is 2. The Morgan fingerprint density at radius 3 is 2.84 bits per heavy atom. The van der Waals surface area contributed by atoms with Gasteiger partial charge in [-0.1, -0.05) is 19.3 Å². The summed E-state index contributed by atoms with van der Waals surface area (Å²) in [5.41, 5.74) is 0.574. The number of carbonyl (C=O) groups excluding carboxylic acids is 1. The van der Waals surface area contributed by atoms with E-state index >= 15 is 0 Å². The molecule has 1 amide bonds. The molecule has 0 radical (unpaired) electrons. The number of hydrogen-bond donors (Lipinski definition) is 2. The van der Waals surface area contributed by atoms with Crippen LogP contribution in [0.5, 0.6) is 0 Å². The van der Waals surface area contributed by atoms with E-state index in [0.29, 0.717) is 30.5 Å². The lowest BCUT2D eigenvalue weighted by Crippen LogP contribution is -2.47. The van der Waals surface area contributed by atoms with Crippen molar-refractivity contribution in [2.75, 3.05) is 19.6 Å². The van der Waals surface area contributed by atoms with Gasteiger partial charge < -0.3 is 10.3 Å². The quantitative estimate of drug-likeness (QED) is 0.852. The summed E-state index contributed by atoms with van der Waals surface area (Å²) in [6.07, 6.45) is 9.27. The fourth-order valence-corrected chi connectivity index (χ4v) is 4.21. The topological polar surface area (TPSA) is 78.1 Å². The van der Waals surface area contributed by atoms with E-state index in [1.807, 2.05) is 0 Å². The molecule has 1 atom stereocenters. The van der Waals surface area contributed by atoms with Crippen LogP contribution in [0.15, 0.2) is 10.9 Å². The van der Waals surface area contributed by atoms with Crippen molar-refractivity contribution in [3.05, 3.63) is 27.9 Å². The number of nitrogens with one attached hydrogen (secondary N) is 2. The first-order valence-electron chi connectivity index (χ1n) is 9.70. The second-order valence-corrected chi connectivity index (χ2v) is 7.50. The number of likely N-dealkylation sites (tertiary alicyclic amines) is 1. The number of aryl methyl sites for hydroxylation is 1. The summed E-state index contributed by atoms with van der Waals surface area (Å²) in [6.45, 7) is 4.36. The van der Waals surface area contributed by atoms with Gasteiger partial charge in [0, 0.05) is 37.3 Å². The molecule has 2 fully saturated rings. The highest BCUT2D eigenvalue weighted by Gasteiger charge is 2.30. The maximum Gasteiger partial charge on any atom is 0.251 e. The summed E-state index contributed by atoms with van der Waals surface area (Å²) in [4.78, 5) is 33.5. The fraction of sp³-hybridized carbons (Fsp3) is 0.737. The average Bonchev–Trinajstić information content (AvgIpc) is 2.62. The highest BCUT2D eigenvalue weighted by atomic mass is 16.2. The van der Waals surface area contributed by atoms with Crippen molar-refractivity contribution in [3.8, 4) is 0 Å². The molecule has 2 heterocycles. The molecular weight excluding hydrogens is 316 g/mol. The third kappa shape index (κ3) is 5.14. The van der Waals surface area contributed by atoms with Crippen LogP contribution in [-0.2, 0) is 11.2 Å². The Morgan fingerprint density at radius 1 is 1.28 bits per heavy atom. The molecule has 1 aromatic rings. The third-order valence-corrected chi connectivity index (χ3v) is 5.49. The van der Waals surface area contributed by atoms with Gasteiger partial charge in [-0.2, -0.15) is 0 Å². The van der Waals surface area contributed by atoms with Crippen molar-refractivity contribution in [1.29, 1.82) is 0 Å². The number of piperidine rings is 1. The Kier molecular flexibility index (Phi) is 6.24. The second kappa shape index (κ2) is 8.61. The number of amides is 1. The van der Waals surface area contributed by atoms with Gasteiger partial charge in [0.05, 0.1) is 5.92 Å². The van der Waals surface area contributed by atoms with Crippen LogP contribution in [-0.4, -0.2) is 46.5 Å². The minimum Gasteiger partial charge on any atom is -0.355 e. The predicted octanol–water partition coefficient (Wildman–Crippen LogP) is 1.78. The van der Waals surface area contributed by atoms with Gasteiger partial charge in [-0.15, -0.1) is 0 Å². The number of rotatable bonds is 5. The van der Waals surface area contributed by atoms with Gasteiger partial charge in [-0.3, -0.25) is 14.5 Å². The van der Waals surface area contributed by atoms with Gasteiger partial charge in [-0.25, -0.2) is 4.98 Å². The van der Waals surface area contributed by atoms with Gasteiger partial charge in [0.25, 0.3) is 5.56 Å². The minimum absolute atomic E-state index is 0.0974. The lowest BCUT2D eigenvalue weighted by molar-refractivity contribution is -0.127. The maximum absolute atomic E-state index is 12.5. The van der Waals surface area contributed by atoms with Crippen molar-refractivity contribution in [3.63, 3.8) is 0 Å². The highest BCUT2D eigenvalue weighted by Crippen LogP contribution is 2.27. The fourth-order valence-electron chi connectivity index (χ4n) is 4.21. The normalized spacial score (nSPS) is 22.7. The van der Waals surface area contributed by atoms with Crippen LogP contribution in [0.2, 0.25) is 0 Å². The first-order valence-corrected chi connectivity index (χ1v) is 9.70. The van der Waals surface area contributed by atoms with Crippen LogP contribution in [0.25, 0.3) is 0 Å². The first kappa shape index (κ1) is 18.1. The Bertz CT molecular complexity index is 637. The number of H-pyrrole nitrogens is 1. The number of aromatic amines is 1. The van der Waals surface area contributed by atoms with Gasteiger partial charge in [0.15, 0.2) is 0 Å². The second-order valence-electron chi connectivity index (χ2n) is 7.50. The van der Waals surface area contributed by atoms with Crippen LogP contribution in [0.4, 0.5) is 0 Å². The molecule has 0 aromatic carbocycles. The van der Waals surface area contributed by atoms with Crippen LogP contribution in [0.1, 0.15) is 56.5 Å². The van der Waals surface area contributed by atoms with Crippen LogP contribution in [0.3, 0.4) is 0 Å². The molecule has 1 aliphatic carbocycles. The van der Waals surface area contributed by atoms with E-state index in [4.69, 9.17) is 0 Å². The lowest BCUT2D eigenvalue weighted by Gasteiger charge is -2.39. The molecule has 0 spiro atoms. The van der Waals surface area contributed by atoms with Crippen molar-refractivity contribution < 1.29 is 4.79 Å². The van der Waals surface area contributed by atoms with Gasteiger partial charge in [-0.05, 0) is 39.2 Å². The average molecular weight is 346 g/mol. The standard InChI is InChI=1S/C19H30N4O2/c1-14-12-18(24)22-17(21-14)9-10-20-19(25)15-6-5-11-23(13-15)16-7-3-2-4-8-16/h12,15-16H,2-11,13H2,1H3,(H,20,25)(H,21,22,24)/t15-/m0/s1. The summed E-state index contributed by atoms with van der Waals surface area (Å²) in [5.74, 6) is 0.883. The number of aromatic nitrogens is 2. The van der Waals surface area contributed by atoms with Crippen LogP contribution >= 0.6 is 0 Å². The molecule has 1 aromatic heterocycles. The maximum atomic E-state index is 12.5. The van der Waals surface area contributed by atoms with Crippen molar-refractivity contribution in [2.24, 2.45) is 5.92 Å². The zero-order valence-electron chi connectivity index (χ0n) is 15.2. The van der Waals surface area contributed by atoms with E-state index in [9.17, 15) is 9.59 Å². The van der Waals surface area contributed by atoms with Crippen molar-refractivity contribution in [2.45, 2.75) is 64.3 Å². The summed E-state index contributed by atoms with van der Waals surface area (Å²) >= 11 is 0. The van der Waals surface area contributed by atoms with E-state index in [0.717, 1.165) is 25.9 Å². The summed E-state index contributed by atoms with van der Waals surface area (Å²) < 4.78 is 0. The van der Waals surface area contributed by atoms with Crippen molar-refractivity contribution in [1.82, 2.24) is 20.2 Å². The molecular formula is C19H30N4O2. The minimum atomic E-state index is -0.135. The number of hydrogen-bond acceptors (Lipinski definition) is 4. The van der Waals surface area contributed by atoms with Crippen molar-refractivity contribution >= 4 is 5.91 Å². The van der Waals surface area contributed by atoms with E-state index in [-0.39, 0.29) is 17.4 Å². The van der Waals surface area contributed by atoms with Crippen LogP contribution < -0.4 is 10.9 Å². The first-order chi connectivity index (χ1) is 12.1. The Balaban J connectivity index is 1.46. The zero-order valence-corrected chi connectivity index (χ0v) is 15.2. The summed E-state index contributed by atoms with van der Waals surface area (Å²) in [7, 11) is 0. The molecule has 0 bridgehead atoms. The highest BCUT2D eigenvalue weighted by molar-refractivity contribution is 5.78. The molecule has 138 valence electrons. The molecule has 1 saturated carbocycles.